The molecule has 0 fully saturated rings. The van der Waals surface area contributed by atoms with Crippen LogP contribution in [-0.4, -0.2) is 17.6 Å². The van der Waals surface area contributed by atoms with Gasteiger partial charge in [0.2, 0.25) is 5.91 Å². The molecular weight excluding hydrogens is 318 g/mol. The van der Waals surface area contributed by atoms with Gasteiger partial charge in [-0.25, -0.2) is 0 Å². The number of halogens is 1. The molecule has 2 aromatic carbocycles. The lowest BCUT2D eigenvalue weighted by atomic mass is 10.1. The van der Waals surface area contributed by atoms with E-state index < -0.39 is 5.91 Å². The van der Waals surface area contributed by atoms with Crippen molar-refractivity contribution in [3.63, 3.8) is 0 Å². The van der Waals surface area contributed by atoms with E-state index in [0.29, 0.717) is 17.2 Å². The van der Waals surface area contributed by atoms with Gasteiger partial charge in [0, 0.05) is 22.8 Å². The molecule has 0 aliphatic rings. The number of primary amides is 1. The predicted octanol–water partition coefficient (Wildman–Crippen LogP) is 2.97. The summed E-state index contributed by atoms with van der Waals surface area (Å²) in [5.41, 5.74) is 7.52. The van der Waals surface area contributed by atoms with Gasteiger partial charge in [-0.2, -0.15) is 0 Å². The molecule has 0 aromatic heterocycles. The van der Waals surface area contributed by atoms with Gasteiger partial charge in [-0.1, -0.05) is 29.8 Å². The topological polar surface area (TPSA) is 67.2 Å². The molecule has 0 saturated heterocycles. The second-order valence-corrected chi connectivity index (χ2v) is 5.48. The van der Waals surface area contributed by atoms with Crippen LogP contribution in [0.4, 0.5) is 5.69 Å². The Morgan fingerprint density at radius 3 is 2.45 bits per heavy atom. The fraction of sp³-hybridized carbons (Fsp3) is 0.125. The number of nitrogens with two attached hydrogens (primary N) is 1. The molecule has 0 bridgehead atoms. The van der Waals surface area contributed by atoms with E-state index >= 15 is 0 Å². The Morgan fingerprint density at radius 1 is 1.14 bits per heavy atom. The Kier molecular flexibility index (Phi) is 5.75. The summed E-state index contributed by atoms with van der Waals surface area (Å²) in [6.45, 7) is 0.676. The minimum atomic E-state index is -0.452. The van der Waals surface area contributed by atoms with Gasteiger partial charge < -0.3 is 16.4 Å². The molecule has 0 aliphatic carbocycles. The Balaban J connectivity index is 1.80. The summed E-state index contributed by atoms with van der Waals surface area (Å²) in [6, 6.07) is 14.5. The molecule has 0 aliphatic heterocycles. The highest BCUT2D eigenvalue weighted by atomic mass is 35.5. The number of thiocarbonyl (C=S) groups is 1. The van der Waals surface area contributed by atoms with Crippen molar-refractivity contribution < 1.29 is 4.79 Å². The zero-order valence-electron chi connectivity index (χ0n) is 11.8. The van der Waals surface area contributed by atoms with Gasteiger partial charge in [-0.05, 0) is 54.5 Å². The van der Waals surface area contributed by atoms with Crippen molar-refractivity contribution in [2.45, 2.75) is 6.42 Å². The first kappa shape index (κ1) is 16.3. The van der Waals surface area contributed by atoms with E-state index in [4.69, 9.17) is 29.6 Å². The minimum Gasteiger partial charge on any atom is -0.366 e. The number of nitrogens with one attached hydrogen (secondary N) is 2. The molecule has 114 valence electrons. The number of amides is 1. The number of carbonyl (C=O) groups is 1. The molecule has 1 amide bonds. The summed E-state index contributed by atoms with van der Waals surface area (Å²) in [4.78, 5) is 11.0. The quantitative estimate of drug-likeness (QED) is 0.736. The van der Waals surface area contributed by atoms with Gasteiger partial charge >= 0.3 is 0 Å². The SMILES string of the molecule is NC(=O)c1ccc(NC(=S)NCCc2ccccc2Cl)cc1. The standard InChI is InChI=1S/C16H16ClN3OS/c17-14-4-2-1-3-11(14)9-10-19-16(22)20-13-7-5-12(6-8-13)15(18)21/h1-8H,9-10H2,(H2,18,21)(H2,19,20,22). The van der Waals surface area contributed by atoms with Crippen LogP contribution in [0.15, 0.2) is 48.5 Å². The average molecular weight is 334 g/mol. The fourth-order valence-corrected chi connectivity index (χ4v) is 2.36. The van der Waals surface area contributed by atoms with Crippen molar-refractivity contribution in [2.75, 3.05) is 11.9 Å². The lowest BCUT2D eigenvalue weighted by molar-refractivity contribution is 0.100. The van der Waals surface area contributed by atoms with Crippen molar-refractivity contribution in [3.05, 3.63) is 64.7 Å². The molecule has 0 spiro atoms. The largest absolute Gasteiger partial charge is 0.366 e. The second kappa shape index (κ2) is 7.77. The lowest BCUT2D eigenvalue weighted by Crippen LogP contribution is -2.30. The normalized spacial score (nSPS) is 10.0. The van der Waals surface area contributed by atoms with Gasteiger partial charge in [0.15, 0.2) is 5.11 Å². The highest BCUT2D eigenvalue weighted by Gasteiger charge is 2.02. The summed E-state index contributed by atoms with van der Waals surface area (Å²) in [6.07, 6.45) is 0.780. The summed E-state index contributed by atoms with van der Waals surface area (Å²) >= 11 is 11.3. The third-order valence-electron chi connectivity index (χ3n) is 3.07. The number of hydrogen-bond donors (Lipinski definition) is 3. The minimum absolute atomic E-state index is 0.452. The Bertz CT molecular complexity index is 673. The molecule has 4 N–H and O–H groups in total. The Morgan fingerprint density at radius 2 is 1.82 bits per heavy atom. The fourth-order valence-electron chi connectivity index (χ4n) is 1.90. The average Bonchev–Trinajstić information content (AvgIpc) is 2.50. The monoisotopic (exact) mass is 333 g/mol. The van der Waals surface area contributed by atoms with Gasteiger partial charge in [0.25, 0.3) is 0 Å². The van der Waals surface area contributed by atoms with Gasteiger partial charge in [0.05, 0.1) is 0 Å². The predicted molar refractivity (Wildman–Crippen MR) is 94.3 cm³/mol. The summed E-state index contributed by atoms with van der Waals surface area (Å²) < 4.78 is 0. The summed E-state index contributed by atoms with van der Waals surface area (Å²) in [5.74, 6) is -0.452. The van der Waals surface area contributed by atoms with Gasteiger partial charge in [0.1, 0.15) is 0 Å². The summed E-state index contributed by atoms with van der Waals surface area (Å²) in [5, 5.41) is 7.43. The van der Waals surface area contributed by atoms with Crippen molar-refractivity contribution in [1.82, 2.24) is 5.32 Å². The van der Waals surface area contributed by atoms with Crippen LogP contribution in [0.2, 0.25) is 5.02 Å². The van der Waals surface area contributed by atoms with E-state index in [1.165, 1.54) is 0 Å². The molecule has 0 unspecified atom stereocenters. The van der Waals surface area contributed by atoms with E-state index in [0.717, 1.165) is 22.7 Å². The molecule has 0 atom stereocenters. The van der Waals surface area contributed by atoms with E-state index in [1.54, 1.807) is 24.3 Å². The Hall–Kier alpha value is -2.11. The third kappa shape index (κ3) is 4.72. The lowest BCUT2D eigenvalue weighted by Gasteiger charge is -2.11. The van der Waals surface area contributed by atoms with Crippen LogP contribution in [0.1, 0.15) is 15.9 Å². The number of anilines is 1. The van der Waals surface area contributed by atoms with Crippen LogP contribution in [0, 0.1) is 0 Å². The maximum absolute atomic E-state index is 11.0. The van der Waals surface area contributed by atoms with Gasteiger partial charge in [-0.3, -0.25) is 4.79 Å². The first-order valence-electron chi connectivity index (χ1n) is 6.74. The van der Waals surface area contributed by atoms with E-state index in [2.05, 4.69) is 10.6 Å². The molecular formula is C16H16ClN3OS. The van der Waals surface area contributed by atoms with E-state index in [9.17, 15) is 4.79 Å². The third-order valence-corrected chi connectivity index (χ3v) is 3.68. The van der Waals surface area contributed by atoms with E-state index in [1.807, 2.05) is 24.3 Å². The van der Waals surface area contributed by atoms with Crippen LogP contribution < -0.4 is 16.4 Å². The number of benzene rings is 2. The van der Waals surface area contributed by atoms with Crippen molar-refractivity contribution in [1.29, 1.82) is 0 Å². The number of rotatable bonds is 5. The molecule has 0 radical (unpaired) electrons. The smallest absolute Gasteiger partial charge is 0.248 e. The zero-order valence-corrected chi connectivity index (χ0v) is 13.4. The molecule has 22 heavy (non-hydrogen) atoms. The highest BCUT2D eigenvalue weighted by molar-refractivity contribution is 7.80. The van der Waals surface area contributed by atoms with Crippen LogP contribution in [0.25, 0.3) is 0 Å². The number of carbonyl (C=O) groups excluding carboxylic acids is 1. The molecule has 4 nitrogen and oxygen atoms in total. The highest BCUT2D eigenvalue weighted by Crippen LogP contribution is 2.15. The number of hydrogen-bond acceptors (Lipinski definition) is 2. The van der Waals surface area contributed by atoms with Crippen molar-refractivity contribution in [2.24, 2.45) is 5.73 Å². The maximum Gasteiger partial charge on any atom is 0.248 e. The van der Waals surface area contributed by atoms with Crippen molar-refractivity contribution >= 4 is 40.5 Å². The van der Waals surface area contributed by atoms with Crippen LogP contribution in [0.5, 0.6) is 0 Å². The van der Waals surface area contributed by atoms with Crippen LogP contribution in [0.3, 0.4) is 0 Å². The Labute approximate surface area is 139 Å². The first-order valence-corrected chi connectivity index (χ1v) is 7.53. The molecule has 0 saturated carbocycles. The van der Waals surface area contributed by atoms with E-state index in [-0.39, 0.29) is 0 Å². The molecule has 2 rings (SSSR count). The van der Waals surface area contributed by atoms with Gasteiger partial charge in [-0.15, -0.1) is 0 Å². The molecule has 0 heterocycles. The second-order valence-electron chi connectivity index (χ2n) is 4.66. The maximum atomic E-state index is 11.0. The van der Waals surface area contributed by atoms with Crippen LogP contribution >= 0.6 is 23.8 Å². The summed E-state index contributed by atoms with van der Waals surface area (Å²) in [7, 11) is 0. The van der Waals surface area contributed by atoms with Crippen molar-refractivity contribution in [3.8, 4) is 0 Å². The first-order chi connectivity index (χ1) is 10.6. The molecule has 2 aromatic rings. The zero-order chi connectivity index (χ0) is 15.9. The van der Waals surface area contributed by atoms with Crippen LogP contribution in [-0.2, 0) is 6.42 Å². The molecule has 6 heteroatoms.